The van der Waals surface area contributed by atoms with Crippen LogP contribution in [0.5, 0.6) is 0 Å². The van der Waals surface area contributed by atoms with E-state index in [4.69, 9.17) is 0 Å². The van der Waals surface area contributed by atoms with Gasteiger partial charge in [-0.05, 0) is 175 Å². The Bertz CT molecular complexity index is 3640. The van der Waals surface area contributed by atoms with Gasteiger partial charge in [0.05, 0.1) is 22.8 Å². The summed E-state index contributed by atoms with van der Waals surface area (Å²) in [7, 11) is 0. The van der Waals surface area contributed by atoms with Crippen molar-refractivity contribution in [3.05, 3.63) is 193 Å². The van der Waals surface area contributed by atoms with Crippen LogP contribution >= 0.6 is 0 Å². The van der Waals surface area contributed by atoms with Crippen molar-refractivity contribution in [2.45, 2.75) is 0 Å². The first-order valence-electron chi connectivity index (χ1n) is 19.6. The first kappa shape index (κ1) is 35.1. The number of hydrogen-bond donors (Lipinski definition) is 2. The molecule has 13 rings (SSSR count). The topological polar surface area (TPSA) is 57.4 Å². The molecule has 8 aromatic carbocycles. The number of nitrogens with zero attached hydrogens (tertiary/aromatic N) is 2. The predicted octanol–water partition coefficient (Wildman–Crippen LogP) is 14.2. The molecule has 2 N–H and O–H groups in total. The SMILES string of the molecule is C1=Cc2cc3ccc(cc4ccc(cc5nc(cc1n2)C=C5)[nH]4)[nH]3.[Pt].[c-]1cccc2cc3cc4ccc5cc6cc7cc8ccccc8cc7cc6cc5c4cc3cc12. The fourth-order valence-electron chi connectivity index (χ4n) is 8.56. The summed E-state index contributed by atoms with van der Waals surface area (Å²) in [6, 6.07) is 62.4. The van der Waals surface area contributed by atoms with Crippen LogP contribution < -0.4 is 0 Å². The molecule has 0 radical (unpaired) electrons. The number of fused-ring (bicyclic) bond motifs is 16. The number of aromatic nitrogens is 4. The quantitative estimate of drug-likeness (QED) is 0.0904. The number of hydrogen-bond acceptors (Lipinski definition) is 2. The molecule has 0 atom stereocenters. The van der Waals surface area contributed by atoms with Gasteiger partial charge in [-0.25, -0.2) is 9.97 Å². The van der Waals surface area contributed by atoms with Crippen LogP contribution in [0.2, 0.25) is 0 Å². The van der Waals surface area contributed by atoms with Gasteiger partial charge in [0.2, 0.25) is 0 Å². The Labute approximate surface area is 353 Å². The monoisotopic (exact) mass is 932 g/mol. The Hall–Kier alpha value is -7.13. The molecule has 5 heterocycles. The minimum Gasteiger partial charge on any atom is -0.355 e. The van der Waals surface area contributed by atoms with E-state index in [1.807, 2.05) is 48.6 Å². The summed E-state index contributed by atoms with van der Waals surface area (Å²) < 4.78 is 0. The van der Waals surface area contributed by atoms with Crippen LogP contribution in [-0.2, 0) is 21.1 Å². The van der Waals surface area contributed by atoms with Crippen molar-refractivity contribution in [2.75, 3.05) is 0 Å². The van der Waals surface area contributed by atoms with E-state index in [-0.39, 0.29) is 21.1 Å². The van der Waals surface area contributed by atoms with Crippen molar-refractivity contribution in [1.82, 2.24) is 19.9 Å². The third-order valence-corrected chi connectivity index (χ3v) is 11.4. The van der Waals surface area contributed by atoms with E-state index in [1.54, 1.807) is 0 Å². The summed E-state index contributed by atoms with van der Waals surface area (Å²) in [5.41, 5.74) is 7.86. The van der Waals surface area contributed by atoms with Crippen molar-refractivity contribution in [3.8, 4) is 0 Å². The van der Waals surface area contributed by atoms with Crippen LogP contribution in [0.4, 0.5) is 0 Å². The Balaban J connectivity index is 0.000000140. The molecule has 4 nitrogen and oxygen atoms in total. The van der Waals surface area contributed by atoms with Gasteiger partial charge in [0, 0.05) is 43.1 Å². The van der Waals surface area contributed by atoms with Gasteiger partial charge in [0.25, 0.3) is 0 Å². The molecule has 2 aliphatic rings. The molecule has 280 valence electrons. The molecular weight excluding hydrogens is 900 g/mol. The first-order valence-corrected chi connectivity index (χ1v) is 19.6. The second-order valence-corrected chi connectivity index (χ2v) is 15.3. The zero-order valence-electron chi connectivity index (χ0n) is 31.6. The standard InChI is InChI=1S/C34H19.C20H14N4.Pt/c1-2-7-23-13-29-18-32-20-34-26(16-30(32)17-28(29)12-22(23)6-1)10-9-25-15-27-11-21-5-3-4-8-24(21)14-31(27)19-33(25)34;1-2-14-10-16-5-6-18(23-16)12-20-8-7-19(24-20)11-17-4-3-15(22-17)9-13(1)21-14;/h1-7,9-20H;1-12,21-22H;/q-1;;. The van der Waals surface area contributed by atoms with Crippen LogP contribution in [0.1, 0.15) is 22.8 Å². The molecule has 2 aliphatic heterocycles. The zero-order valence-corrected chi connectivity index (χ0v) is 33.9. The van der Waals surface area contributed by atoms with Gasteiger partial charge in [-0.1, -0.05) is 53.9 Å². The second kappa shape index (κ2) is 14.1. The molecule has 0 aliphatic carbocycles. The largest absolute Gasteiger partial charge is 0.355 e. The molecule has 0 unspecified atom stereocenters. The molecule has 11 aromatic rings. The summed E-state index contributed by atoms with van der Waals surface area (Å²) in [6.07, 6.45) is 8.05. The summed E-state index contributed by atoms with van der Waals surface area (Å²) in [5.74, 6) is 0. The van der Waals surface area contributed by atoms with Gasteiger partial charge in [-0.2, -0.15) is 0 Å². The molecule has 8 bridgehead atoms. The van der Waals surface area contributed by atoms with E-state index < -0.39 is 0 Å². The Morgan fingerprint density at radius 1 is 0.322 bits per heavy atom. The van der Waals surface area contributed by atoms with E-state index >= 15 is 0 Å². The normalized spacial score (nSPS) is 12.1. The zero-order chi connectivity index (χ0) is 38.2. The van der Waals surface area contributed by atoms with Crippen molar-refractivity contribution >= 4 is 122 Å². The van der Waals surface area contributed by atoms with Gasteiger partial charge in [0.15, 0.2) is 0 Å². The van der Waals surface area contributed by atoms with E-state index in [2.05, 4.69) is 166 Å². The smallest absolute Gasteiger partial charge is 0.0659 e. The number of benzene rings is 8. The van der Waals surface area contributed by atoms with E-state index in [0.29, 0.717) is 0 Å². The van der Waals surface area contributed by atoms with Crippen molar-refractivity contribution in [1.29, 1.82) is 0 Å². The van der Waals surface area contributed by atoms with Crippen LogP contribution in [0, 0.1) is 6.07 Å². The average Bonchev–Trinajstić information content (AvgIpc) is 4.08. The number of nitrogens with one attached hydrogen (secondary N) is 2. The third-order valence-electron chi connectivity index (χ3n) is 11.4. The molecular formula is C54H33N4Pt-. The molecule has 0 spiro atoms. The minimum atomic E-state index is 0. The maximum Gasteiger partial charge on any atom is 0.0659 e. The number of H-pyrrole nitrogens is 2. The molecule has 59 heavy (non-hydrogen) atoms. The third kappa shape index (κ3) is 6.58. The van der Waals surface area contributed by atoms with Crippen LogP contribution in [-0.4, -0.2) is 19.9 Å². The Morgan fingerprint density at radius 3 is 1.27 bits per heavy atom. The molecule has 0 fully saturated rings. The summed E-state index contributed by atoms with van der Waals surface area (Å²) in [6.45, 7) is 0. The molecule has 0 saturated carbocycles. The van der Waals surface area contributed by atoms with E-state index in [0.717, 1.165) is 44.8 Å². The van der Waals surface area contributed by atoms with E-state index in [1.165, 1.54) is 75.4 Å². The van der Waals surface area contributed by atoms with Crippen molar-refractivity contribution in [3.63, 3.8) is 0 Å². The summed E-state index contributed by atoms with van der Waals surface area (Å²) in [5, 5.41) is 17.9. The minimum absolute atomic E-state index is 0. The van der Waals surface area contributed by atoms with Gasteiger partial charge >= 0.3 is 0 Å². The van der Waals surface area contributed by atoms with Crippen LogP contribution in [0.3, 0.4) is 0 Å². The average molecular weight is 933 g/mol. The maximum atomic E-state index is 4.62. The Kier molecular flexibility index (Phi) is 8.35. The second-order valence-electron chi connectivity index (χ2n) is 15.3. The molecule has 5 heteroatoms. The van der Waals surface area contributed by atoms with Gasteiger partial charge in [-0.15, -0.1) is 41.1 Å². The van der Waals surface area contributed by atoms with Crippen molar-refractivity contribution in [2.24, 2.45) is 0 Å². The number of rotatable bonds is 0. The first-order chi connectivity index (χ1) is 28.6. The van der Waals surface area contributed by atoms with Gasteiger partial charge in [-0.3, -0.25) is 0 Å². The van der Waals surface area contributed by atoms with Crippen LogP contribution in [0.15, 0.2) is 164 Å². The molecule has 3 aromatic heterocycles. The summed E-state index contributed by atoms with van der Waals surface area (Å²) in [4.78, 5) is 16.0. The Morgan fingerprint density at radius 2 is 0.729 bits per heavy atom. The molecule has 0 amide bonds. The van der Waals surface area contributed by atoms with E-state index in [9.17, 15) is 0 Å². The number of aromatic amines is 2. The van der Waals surface area contributed by atoms with Crippen LogP contribution in [0.25, 0.3) is 122 Å². The molecule has 0 saturated heterocycles. The maximum absolute atomic E-state index is 4.62. The fraction of sp³-hybridized carbons (Fsp3) is 0. The fourth-order valence-corrected chi connectivity index (χ4v) is 8.56. The van der Waals surface area contributed by atoms with Crippen molar-refractivity contribution < 1.29 is 21.1 Å². The van der Waals surface area contributed by atoms with Gasteiger partial charge < -0.3 is 9.97 Å². The summed E-state index contributed by atoms with van der Waals surface area (Å²) >= 11 is 0. The predicted molar refractivity (Wildman–Crippen MR) is 247 cm³/mol. The van der Waals surface area contributed by atoms with Gasteiger partial charge in [0.1, 0.15) is 0 Å².